The summed E-state index contributed by atoms with van der Waals surface area (Å²) >= 11 is 0. The molecule has 0 aromatic carbocycles. The number of aromatic nitrogens is 2. The van der Waals surface area contributed by atoms with E-state index in [1.165, 1.54) is 0 Å². The molecule has 15 heavy (non-hydrogen) atoms. The predicted molar refractivity (Wildman–Crippen MR) is 56.1 cm³/mol. The van der Waals surface area contributed by atoms with Crippen molar-refractivity contribution >= 4 is 5.91 Å². The van der Waals surface area contributed by atoms with Crippen LogP contribution in [0.5, 0.6) is 0 Å². The molecule has 1 aliphatic carbocycles. The first-order valence-corrected chi connectivity index (χ1v) is 5.16. The van der Waals surface area contributed by atoms with Crippen LogP contribution >= 0.6 is 0 Å². The van der Waals surface area contributed by atoms with Crippen LogP contribution in [0.3, 0.4) is 0 Å². The third kappa shape index (κ3) is 2.36. The fourth-order valence-electron chi connectivity index (χ4n) is 1.41. The van der Waals surface area contributed by atoms with Gasteiger partial charge in [0.05, 0.1) is 18.3 Å². The summed E-state index contributed by atoms with van der Waals surface area (Å²) in [4.78, 5) is 11.5. The number of nitrogens with one attached hydrogen (secondary N) is 1. The molecule has 1 fully saturated rings. The zero-order valence-corrected chi connectivity index (χ0v) is 8.86. The smallest absolute Gasteiger partial charge is 0.240 e. The monoisotopic (exact) mass is 208 g/mol. The van der Waals surface area contributed by atoms with E-state index in [9.17, 15) is 4.79 Å². The minimum Gasteiger partial charge on any atom is -0.353 e. The van der Waals surface area contributed by atoms with E-state index < -0.39 is 5.54 Å². The molecule has 1 aromatic heterocycles. The Labute approximate surface area is 88.6 Å². The van der Waals surface area contributed by atoms with Crippen molar-refractivity contribution in [3.8, 4) is 0 Å². The average molecular weight is 208 g/mol. The van der Waals surface area contributed by atoms with Gasteiger partial charge in [-0.2, -0.15) is 5.10 Å². The lowest BCUT2D eigenvalue weighted by molar-refractivity contribution is -0.123. The lowest BCUT2D eigenvalue weighted by Crippen LogP contribution is -2.43. The van der Waals surface area contributed by atoms with Gasteiger partial charge in [0.2, 0.25) is 5.91 Å². The maximum absolute atomic E-state index is 11.5. The quantitative estimate of drug-likeness (QED) is 0.719. The number of rotatable bonds is 4. The van der Waals surface area contributed by atoms with E-state index in [1.807, 2.05) is 17.8 Å². The molecule has 5 nitrogen and oxygen atoms in total. The molecule has 3 N–H and O–H groups in total. The standard InChI is InChI=1S/C10H16N4O/c1-8-6-13-14(7-8)5-4-12-9(15)10(11)2-3-10/h6-7H,2-5,11H2,1H3,(H,12,15). The van der Waals surface area contributed by atoms with Crippen molar-refractivity contribution in [2.24, 2.45) is 5.73 Å². The summed E-state index contributed by atoms with van der Waals surface area (Å²) < 4.78 is 1.81. The van der Waals surface area contributed by atoms with Gasteiger partial charge in [0.15, 0.2) is 0 Å². The van der Waals surface area contributed by atoms with Crippen LogP contribution in [0.1, 0.15) is 18.4 Å². The highest BCUT2D eigenvalue weighted by molar-refractivity contribution is 5.88. The molecule has 1 saturated carbocycles. The number of nitrogens with two attached hydrogens (primary N) is 1. The number of aryl methyl sites for hydroxylation is 1. The molecule has 2 rings (SSSR count). The first-order valence-electron chi connectivity index (χ1n) is 5.16. The zero-order chi connectivity index (χ0) is 10.9. The maximum Gasteiger partial charge on any atom is 0.240 e. The Hall–Kier alpha value is -1.36. The van der Waals surface area contributed by atoms with Gasteiger partial charge in [-0.3, -0.25) is 9.48 Å². The summed E-state index contributed by atoms with van der Waals surface area (Å²) in [6.07, 6.45) is 5.36. The molecule has 0 bridgehead atoms. The molecule has 0 saturated heterocycles. The molecule has 0 radical (unpaired) electrons. The normalized spacial score (nSPS) is 17.5. The fraction of sp³-hybridized carbons (Fsp3) is 0.600. The van der Waals surface area contributed by atoms with Crippen LogP contribution < -0.4 is 11.1 Å². The topological polar surface area (TPSA) is 72.9 Å². The summed E-state index contributed by atoms with van der Waals surface area (Å²) in [5, 5.41) is 6.94. The summed E-state index contributed by atoms with van der Waals surface area (Å²) in [7, 11) is 0. The van der Waals surface area contributed by atoms with Crippen molar-refractivity contribution in [1.29, 1.82) is 0 Å². The van der Waals surface area contributed by atoms with Crippen molar-refractivity contribution in [3.05, 3.63) is 18.0 Å². The van der Waals surface area contributed by atoms with Gasteiger partial charge >= 0.3 is 0 Å². The molecular formula is C10H16N4O. The first-order chi connectivity index (χ1) is 7.10. The van der Waals surface area contributed by atoms with Gasteiger partial charge in [-0.1, -0.05) is 0 Å². The minimum absolute atomic E-state index is 0.0358. The minimum atomic E-state index is -0.569. The second-order valence-corrected chi connectivity index (χ2v) is 4.19. The van der Waals surface area contributed by atoms with E-state index in [0.29, 0.717) is 13.1 Å². The molecule has 1 amide bonds. The number of carbonyl (C=O) groups excluding carboxylic acids is 1. The van der Waals surface area contributed by atoms with Crippen molar-refractivity contribution < 1.29 is 4.79 Å². The van der Waals surface area contributed by atoms with Crippen LogP contribution in [0.4, 0.5) is 0 Å². The largest absolute Gasteiger partial charge is 0.353 e. The second kappa shape index (κ2) is 3.66. The molecule has 1 heterocycles. The second-order valence-electron chi connectivity index (χ2n) is 4.19. The maximum atomic E-state index is 11.5. The van der Waals surface area contributed by atoms with E-state index in [-0.39, 0.29) is 5.91 Å². The van der Waals surface area contributed by atoms with E-state index >= 15 is 0 Å². The van der Waals surface area contributed by atoms with Gasteiger partial charge in [0, 0.05) is 12.7 Å². The van der Waals surface area contributed by atoms with Crippen molar-refractivity contribution in [3.63, 3.8) is 0 Å². The summed E-state index contributed by atoms with van der Waals surface area (Å²) in [6.45, 7) is 3.26. The molecule has 0 aliphatic heterocycles. The van der Waals surface area contributed by atoms with Gasteiger partial charge < -0.3 is 11.1 Å². The van der Waals surface area contributed by atoms with Gasteiger partial charge in [-0.15, -0.1) is 0 Å². The summed E-state index contributed by atoms with van der Waals surface area (Å²) in [6, 6.07) is 0. The van der Waals surface area contributed by atoms with E-state index in [4.69, 9.17) is 5.73 Å². The van der Waals surface area contributed by atoms with E-state index in [2.05, 4.69) is 10.4 Å². The van der Waals surface area contributed by atoms with Crippen LogP contribution in [0, 0.1) is 6.92 Å². The lowest BCUT2D eigenvalue weighted by Gasteiger charge is -2.09. The molecule has 0 spiro atoms. The van der Waals surface area contributed by atoms with Crippen molar-refractivity contribution in [1.82, 2.24) is 15.1 Å². The number of hydrogen-bond donors (Lipinski definition) is 2. The van der Waals surface area contributed by atoms with Gasteiger partial charge in [-0.25, -0.2) is 0 Å². The number of carbonyl (C=O) groups is 1. The van der Waals surface area contributed by atoms with Gasteiger partial charge in [0.25, 0.3) is 0 Å². The van der Waals surface area contributed by atoms with Gasteiger partial charge in [0.1, 0.15) is 0 Å². The van der Waals surface area contributed by atoms with Crippen molar-refractivity contribution in [2.75, 3.05) is 6.54 Å². The van der Waals surface area contributed by atoms with Gasteiger partial charge in [-0.05, 0) is 25.3 Å². The molecular weight excluding hydrogens is 192 g/mol. The Morgan fingerprint density at radius 1 is 1.73 bits per heavy atom. The Morgan fingerprint density at radius 3 is 3.00 bits per heavy atom. The van der Waals surface area contributed by atoms with Crippen LogP contribution in [-0.4, -0.2) is 27.8 Å². The SMILES string of the molecule is Cc1cnn(CCNC(=O)C2(N)CC2)c1. The Balaban J connectivity index is 1.73. The highest BCUT2D eigenvalue weighted by Crippen LogP contribution is 2.31. The predicted octanol–water partition coefficient (Wildman–Crippen LogP) is -0.201. The Bertz CT molecular complexity index is 367. The summed E-state index contributed by atoms with van der Waals surface area (Å²) in [5.74, 6) is -0.0358. The Morgan fingerprint density at radius 2 is 2.47 bits per heavy atom. The van der Waals surface area contributed by atoms with Crippen LogP contribution in [0.25, 0.3) is 0 Å². The van der Waals surface area contributed by atoms with Crippen LogP contribution in [0.15, 0.2) is 12.4 Å². The zero-order valence-electron chi connectivity index (χ0n) is 8.86. The fourth-order valence-corrected chi connectivity index (χ4v) is 1.41. The average Bonchev–Trinajstić information content (AvgIpc) is 2.81. The third-order valence-electron chi connectivity index (χ3n) is 2.63. The number of hydrogen-bond acceptors (Lipinski definition) is 3. The third-order valence-corrected chi connectivity index (χ3v) is 2.63. The molecule has 5 heteroatoms. The lowest BCUT2D eigenvalue weighted by atomic mass is 10.3. The molecule has 82 valence electrons. The molecule has 0 unspecified atom stereocenters. The van der Waals surface area contributed by atoms with Crippen LogP contribution in [-0.2, 0) is 11.3 Å². The molecule has 1 aromatic rings. The van der Waals surface area contributed by atoms with Crippen LogP contribution in [0.2, 0.25) is 0 Å². The molecule has 1 aliphatic rings. The van der Waals surface area contributed by atoms with Crippen molar-refractivity contribution in [2.45, 2.75) is 31.8 Å². The number of amides is 1. The summed E-state index contributed by atoms with van der Waals surface area (Å²) in [5.41, 5.74) is 6.29. The van der Waals surface area contributed by atoms with E-state index in [1.54, 1.807) is 6.20 Å². The molecule has 0 atom stereocenters. The number of nitrogens with zero attached hydrogens (tertiary/aromatic N) is 2. The highest BCUT2D eigenvalue weighted by atomic mass is 16.2. The van der Waals surface area contributed by atoms with E-state index in [0.717, 1.165) is 18.4 Å². The first kappa shape index (κ1) is 10.2. The highest BCUT2D eigenvalue weighted by Gasteiger charge is 2.45. The Kier molecular flexibility index (Phi) is 2.48.